The summed E-state index contributed by atoms with van der Waals surface area (Å²) >= 11 is 8.44. The molecule has 0 atom stereocenters. The Morgan fingerprint density at radius 2 is 2.00 bits per heavy atom. The van der Waals surface area contributed by atoms with Crippen LogP contribution in [0.3, 0.4) is 0 Å². The number of ether oxygens (including phenoxy) is 1. The summed E-state index contributed by atoms with van der Waals surface area (Å²) in [5.74, 6) is 1.17. The number of nitrogens with zero attached hydrogens (tertiary/aromatic N) is 1. The van der Waals surface area contributed by atoms with Crippen molar-refractivity contribution in [2.24, 2.45) is 5.73 Å². The van der Waals surface area contributed by atoms with Crippen molar-refractivity contribution >= 4 is 33.1 Å². The summed E-state index contributed by atoms with van der Waals surface area (Å²) in [5.41, 5.74) is 8.19. The van der Waals surface area contributed by atoms with E-state index in [1.54, 1.807) is 0 Å². The normalized spacial score (nSPS) is 10.3. The Hall–Kier alpha value is -1.46. The van der Waals surface area contributed by atoms with E-state index in [2.05, 4.69) is 20.9 Å². The van der Waals surface area contributed by atoms with E-state index in [9.17, 15) is 0 Å². The van der Waals surface area contributed by atoms with Gasteiger partial charge in [0, 0.05) is 10.2 Å². The number of hydrogen-bond acceptors (Lipinski definition) is 3. The van der Waals surface area contributed by atoms with Gasteiger partial charge >= 0.3 is 0 Å². The van der Waals surface area contributed by atoms with Crippen LogP contribution >= 0.6 is 28.1 Å². The van der Waals surface area contributed by atoms with Gasteiger partial charge in [-0.2, -0.15) is 0 Å². The number of nitrogens with two attached hydrogens (primary N) is 1. The minimum Gasteiger partial charge on any atom is -0.438 e. The Balaban J connectivity index is 2.45. The van der Waals surface area contributed by atoms with E-state index in [-0.39, 0.29) is 4.99 Å². The van der Waals surface area contributed by atoms with Crippen LogP contribution in [0.5, 0.6) is 11.6 Å². The topological polar surface area (TPSA) is 48.1 Å². The summed E-state index contributed by atoms with van der Waals surface area (Å²) in [6, 6.07) is 9.50. The summed E-state index contributed by atoms with van der Waals surface area (Å²) in [7, 11) is 0. The minimum absolute atomic E-state index is 0.273. The number of hydrogen-bond donors (Lipinski definition) is 1. The average Bonchev–Trinajstić information content (AvgIpc) is 2.33. The number of halogens is 1. The van der Waals surface area contributed by atoms with Crippen molar-refractivity contribution in [1.29, 1.82) is 0 Å². The molecule has 0 unspecified atom stereocenters. The molecular formula is C14H13BrN2OS. The van der Waals surface area contributed by atoms with Crippen LogP contribution in [-0.4, -0.2) is 9.97 Å². The Morgan fingerprint density at radius 3 is 2.68 bits per heavy atom. The Bertz CT molecular complexity index is 643. The lowest BCUT2D eigenvalue weighted by Gasteiger charge is -2.12. The van der Waals surface area contributed by atoms with E-state index < -0.39 is 0 Å². The van der Waals surface area contributed by atoms with Gasteiger partial charge in [-0.3, -0.25) is 0 Å². The number of pyridine rings is 1. The smallest absolute Gasteiger partial charge is 0.229 e. The van der Waals surface area contributed by atoms with Crippen molar-refractivity contribution in [3.63, 3.8) is 0 Å². The molecule has 1 aromatic heterocycles. The summed E-state index contributed by atoms with van der Waals surface area (Å²) in [6.07, 6.45) is 0. The average molecular weight is 337 g/mol. The molecule has 0 aliphatic carbocycles. The van der Waals surface area contributed by atoms with Crippen molar-refractivity contribution in [1.82, 2.24) is 4.98 Å². The van der Waals surface area contributed by atoms with Crippen LogP contribution in [0.15, 0.2) is 34.8 Å². The van der Waals surface area contributed by atoms with Crippen molar-refractivity contribution in [2.45, 2.75) is 13.8 Å². The number of aryl methyl sites for hydroxylation is 2. The Kier molecular flexibility index (Phi) is 4.17. The van der Waals surface area contributed by atoms with E-state index in [0.717, 1.165) is 21.5 Å². The predicted molar refractivity (Wildman–Crippen MR) is 83.8 cm³/mol. The van der Waals surface area contributed by atoms with E-state index in [4.69, 9.17) is 22.7 Å². The molecule has 5 heteroatoms. The first-order valence-corrected chi connectivity index (χ1v) is 6.89. The molecule has 0 aliphatic heterocycles. The lowest BCUT2D eigenvalue weighted by atomic mass is 10.2. The van der Waals surface area contributed by atoms with Gasteiger partial charge in [0.15, 0.2) is 0 Å². The van der Waals surface area contributed by atoms with Gasteiger partial charge in [0.25, 0.3) is 0 Å². The monoisotopic (exact) mass is 336 g/mol. The second-order valence-corrected chi connectivity index (χ2v) is 5.54. The molecule has 0 saturated carbocycles. The molecule has 0 spiro atoms. The van der Waals surface area contributed by atoms with Gasteiger partial charge in [-0.1, -0.05) is 34.2 Å². The summed E-state index contributed by atoms with van der Waals surface area (Å²) in [4.78, 5) is 4.63. The van der Waals surface area contributed by atoms with Gasteiger partial charge in [-0.15, -0.1) is 0 Å². The second kappa shape index (κ2) is 5.67. The molecule has 0 aliphatic rings. The second-order valence-electron chi connectivity index (χ2n) is 4.18. The quantitative estimate of drug-likeness (QED) is 0.864. The SMILES string of the molecule is Cc1ccc(C(N)=S)c(Oc2cc(Br)ccc2C)n1. The molecule has 0 radical (unpaired) electrons. The van der Waals surface area contributed by atoms with Gasteiger partial charge in [-0.25, -0.2) is 4.98 Å². The lowest BCUT2D eigenvalue weighted by molar-refractivity contribution is 0.457. The fraction of sp³-hybridized carbons (Fsp3) is 0.143. The third-order valence-corrected chi connectivity index (χ3v) is 3.33. The Morgan fingerprint density at radius 1 is 1.26 bits per heavy atom. The van der Waals surface area contributed by atoms with Crippen LogP contribution in [0.2, 0.25) is 0 Å². The lowest BCUT2D eigenvalue weighted by Crippen LogP contribution is -2.12. The molecule has 1 heterocycles. The van der Waals surface area contributed by atoms with E-state index in [1.807, 2.05) is 44.2 Å². The van der Waals surface area contributed by atoms with Crippen LogP contribution in [0.25, 0.3) is 0 Å². The molecule has 2 aromatic rings. The minimum atomic E-state index is 0.273. The highest BCUT2D eigenvalue weighted by atomic mass is 79.9. The Labute approximate surface area is 125 Å². The highest BCUT2D eigenvalue weighted by Crippen LogP contribution is 2.29. The number of rotatable bonds is 3. The van der Waals surface area contributed by atoms with Gasteiger partial charge in [0.05, 0.1) is 5.56 Å². The summed E-state index contributed by atoms with van der Waals surface area (Å²) < 4.78 is 6.80. The summed E-state index contributed by atoms with van der Waals surface area (Å²) in [6.45, 7) is 3.86. The van der Waals surface area contributed by atoms with Crippen LogP contribution in [0, 0.1) is 13.8 Å². The maximum absolute atomic E-state index is 5.85. The zero-order valence-electron chi connectivity index (χ0n) is 10.6. The maximum atomic E-state index is 5.85. The van der Waals surface area contributed by atoms with Crippen molar-refractivity contribution in [2.75, 3.05) is 0 Å². The van der Waals surface area contributed by atoms with Gasteiger partial charge in [0.1, 0.15) is 10.7 Å². The molecule has 0 fully saturated rings. The zero-order valence-corrected chi connectivity index (χ0v) is 13.0. The molecule has 0 amide bonds. The summed E-state index contributed by atoms with van der Waals surface area (Å²) in [5, 5.41) is 0. The number of thiocarbonyl (C=S) groups is 1. The molecule has 3 nitrogen and oxygen atoms in total. The molecule has 2 N–H and O–H groups in total. The fourth-order valence-corrected chi connectivity index (χ4v) is 2.08. The maximum Gasteiger partial charge on any atom is 0.229 e. The van der Waals surface area contributed by atoms with Crippen molar-refractivity contribution < 1.29 is 4.74 Å². The van der Waals surface area contributed by atoms with E-state index in [0.29, 0.717) is 11.4 Å². The third kappa shape index (κ3) is 3.30. The largest absolute Gasteiger partial charge is 0.438 e. The molecule has 2 rings (SSSR count). The molecular weight excluding hydrogens is 324 g/mol. The highest BCUT2D eigenvalue weighted by molar-refractivity contribution is 9.10. The van der Waals surface area contributed by atoms with Crippen LogP contribution in [-0.2, 0) is 0 Å². The van der Waals surface area contributed by atoms with Crippen molar-refractivity contribution in [3.8, 4) is 11.6 Å². The molecule has 98 valence electrons. The highest BCUT2D eigenvalue weighted by Gasteiger charge is 2.11. The van der Waals surface area contributed by atoms with Crippen LogP contribution in [0.1, 0.15) is 16.8 Å². The van der Waals surface area contributed by atoms with E-state index >= 15 is 0 Å². The van der Waals surface area contributed by atoms with Crippen molar-refractivity contribution in [3.05, 3.63) is 51.6 Å². The third-order valence-electron chi connectivity index (χ3n) is 2.62. The van der Waals surface area contributed by atoms with Gasteiger partial charge in [0.2, 0.25) is 5.88 Å². The number of aromatic nitrogens is 1. The predicted octanol–water partition coefficient (Wildman–Crippen LogP) is 3.89. The van der Waals surface area contributed by atoms with E-state index in [1.165, 1.54) is 0 Å². The first kappa shape index (κ1) is 14.0. The standard InChI is InChI=1S/C14H13BrN2OS/c1-8-3-5-10(15)7-12(8)18-14-11(13(16)19)6-4-9(2)17-14/h3-7H,1-2H3,(H2,16,19). The van der Waals surface area contributed by atoms with Gasteiger partial charge < -0.3 is 10.5 Å². The number of benzene rings is 1. The van der Waals surface area contributed by atoms with Gasteiger partial charge in [-0.05, 0) is 43.7 Å². The van der Waals surface area contributed by atoms with Crippen LogP contribution in [0.4, 0.5) is 0 Å². The van der Waals surface area contributed by atoms with Crippen LogP contribution < -0.4 is 10.5 Å². The zero-order chi connectivity index (χ0) is 14.0. The first-order valence-electron chi connectivity index (χ1n) is 5.69. The molecule has 0 saturated heterocycles. The fourth-order valence-electron chi connectivity index (χ4n) is 1.59. The molecule has 0 bridgehead atoms. The molecule has 19 heavy (non-hydrogen) atoms. The first-order chi connectivity index (χ1) is 8.97. The molecule has 1 aromatic carbocycles.